The first-order valence-electron chi connectivity index (χ1n) is 6.38. The van der Waals surface area contributed by atoms with Crippen LogP contribution in [0.25, 0.3) is 10.9 Å². The van der Waals surface area contributed by atoms with E-state index in [9.17, 15) is 4.39 Å². The fourth-order valence-electron chi connectivity index (χ4n) is 2.51. The largest absolute Gasteiger partial charge is 0.367 e. The highest BCUT2D eigenvalue weighted by Crippen LogP contribution is 2.36. The summed E-state index contributed by atoms with van der Waals surface area (Å²) in [4.78, 5) is 6.80. The molecule has 1 aromatic heterocycles. The summed E-state index contributed by atoms with van der Waals surface area (Å²) in [5.74, 6) is -0.221. The van der Waals surface area contributed by atoms with Crippen molar-refractivity contribution in [3.8, 4) is 0 Å². The molecule has 1 N–H and O–H groups in total. The Bertz CT molecular complexity index is 629. The van der Waals surface area contributed by atoms with E-state index >= 15 is 0 Å². The van der Waals surface area contributed by atoms with Gasteiger partial charge in [-0.3, -0.25) is 4.98 Å². The number of nitrogens with one attached hydrogen (secondary N) is 1. The maximum absolute atomic E-state index is 13.5. The molecular weight excluding hydrogens is 345 g/mol. The number of anilines is 1. The molecule has 108 valence electrons. The van der Waals surface area contributed by atoms with Gasteiger partial charge in [-0.05, 0) is 41.1 Å². The molecule has 2 aromatic rings. The van der Waals surface area contributed by atoms with Crippen LogP contribution in [-0.2, 0) is 0 Å². The summed E-state index contributed by atoms with van der Waals surface area (Å²) in [6.45, 7) is 5.72. The van der Waals surface area contributed by atoms with Crippen molar-refractivity contribution >= 4 is 44.9 Å². The average molecular weight is 361 g/mol. The van der Waals surface area contributed by atoms with Crippen molar-refractivity contribution in [1.82, 2.24) is 10.3 Å². The molecule has 0 saturated carbocycles. The van der Waals surface area contributed by atoms with Gasteiger partial charge in [0.2, 0.25) is 0 Å². The second-order valence-electron chi connectivity index (χ2n) is 4.76. The van der Waals surface area contributed by atoms with Crippen molar-refractivity contribution in [1.29, 1.82) is 0 Å². The van der Waals surface area contributed by atoms with E-state index in [0.29, 0.717) is 0 Å². The van der Waals surface area contributed by atoms with Crippen molar-refractivity contribution in [3.63, 3.8) is 0 Å². The van der Waals surface area contributed by atoms with Crippen LogP contribution >= 0.6 is 28.3 Å². The molecule has 1 aliphatic heterocycles. The predicted octanol–water partition coefficient (Wildman–Crippen LogP) is 3.28. The molecule has 0 unspecified atom stereocenters. The standard InChI is InChI=1S/C14H15BrFN3.ClH/c1-9-13(15)14(19-6-4-17-5-7-19)11-8-10(16)2-3-12(11)18-9;/h2-3,8,17H,4-7H2,1H3;1H. The van der Waals surface area contributed by atoms with E-state index in [1.54, 1.807) is 12.1 Å². The van der Waals surface area contributed by atoms with Crippen molar-refractivity contribution in [2.75, 3.05) is 31.1 Å². The van der Waals surface area contributed by atoms with E-state index in [1.807, 2.05) is 6.92 Å². The number of pyridine rings is 1. The van der Waals surface area contributed by atoms with Gasteiger partial charge >= 0.3 is 0 Å². The molecular formula is C14H16BrClFN3. The molecule has 0 aliphatic carbocycles. The zero-order valence-corrected chi connectivity index (χ0v) is 13.5. The lowest BCUT2D eigenvalue weighted by Crippen LogP contribution is -2.43. The lowest BCUT2D eigenvalue weighted by molar-refractivity contribution is 0.589. The monoisotopic (exact) mass is 359 g/mol. The van der Waals surface area contributed by atoms with E-state index in [2.05, 4.69) is 31.1 Å². The van der Waals surface area contributed by atoms with Crippen LogP contribution in [0, 0.1) is 12.7 Å². The molecule has 0 amide bonds. The van der Waals surface area contributed by atoms with Gasteiger partial charge < -0.3 is 10.2 Å². The van der Waals surface area contributed by atoms with Gasteiger partial charge in [0.15, 0.2) is 0 Å². The zero-order valence-electron chi connectivity index (χ0n) is 11.1. The van der Waals surface area contributed by atoms with Gasteiger partial charge in [0, 0.05) is 31.6 Å². The van der Waals surface area contributed by atoms with Gasteiger partial charge in [-0.25, -0.2) is 4.39 Å². The third kappa shape index (κ3) is 2.75. The molecule has 2 heterocycles. The lowest BCUT2D eigenvalue weighted by atomic mass is 10.1. The fraction of sp³-hybridized carbons (Fsp3) is 0.357. The van der Waals surface area contributed by atoms with E-state index in [0.717, 1.165) is 52.9 Å². The van der Waals surface area contributed by atoms with Crippen molar-refractivity contribution < 1.29 is 4.39 Å². The molecule has 0 atom stereocenters. The van der Waals surface area contributed by atoms with Crippen LogP contribution in [0.15, 0.2) is 22.7 Å². The van der Waals surface area contributed by atoms with Crippen LogP contribution in [0.3, 0.4) is 0 Å². The maximum Gasteiger partial charge on any atom is 0.124 e. The Labute approximate surface area is 132 Å². The molecule has 1 aromatic carbocycles. The predicted molar refractivity (Wildman–Crippen MR) is 86.5 cm³/mol. The average Bonchev–Trinajstić information content (AvgIpc) is 2.42. The fourth-order valence-corrected chi connectivity index (χ4v) is 3.07. The molecule has 0 radical (unpaired) electrons. The molecule has 0 spiro atoms. The number of benzene rings is 1. The number of fused-ring (bicyclic) bond motifs is 1. The molecule has 1 fully saturated rings. The summed E-state index contributed by atoms with van der Waals surface area (Å²) in [5.41, 5.74) is 2.84. The summed E-state index contributed by atoms with van der Waals surface area (Å²) in [7, 11) is 0. The van der Waals surface area contributed by atoms with Gasteiger partial charge in [0.25, 0.3) is 0 Å². The number of aryl methyl sites for hydroxylation is 1. The van der Waals surface area contributed by atoms with Crippen LogP contribution in [-0.4, -0.2) is 31.2 Å². The summed E-state index contributed by atoms with van der Waals surface area (Å²) in [6, 6.07) is 4.78. The number of hydrogen-bond donors (Lipinski definition) is 1. The molecule has 1 aliphatic rings. The zero-order chi connectivity index (χ0) is 13.4. The second-order valence-corrected chi connectivity index (χ2v) is 5.55. The Hall–Kier alpha value is -0.910. The van der Waals surface area contributed by atoms with E-state index in [4.69, 9.17) is 0 Å². The first kappa shape index (κ1) is 15.5. The minimum absolute atomic E-state index is 0. The minimum atomic E-state index is -0.221. The van der Waals surface area contributed by atoms with Crippen LogP contribution in [0.2, 0.25) is 0 Å². The number of nitrogens with zero attached hydrogens (tertiary/aromatic N) is 2. The Morgan fingerprint density at radius 3 is 2.70 bits per heavy atom. The third-order valence-electron chi connectivity index (χ3n) is 3.46. The van der Waals surface area contributed by atoms with Crippen molar-refractivity contribution in [2.24, 2.45) is 0 Å². The Morgan fingerprint density at radius 1 is 1.30 bits per heavy atom. The topological polar surface area (TPSA) is 28.2 Å². The molecule has 6 heteroatoms. The Morgan fingerprint density at radius 2 is 2.00 bits per heavy atom. The van der Waals surface area contributed by atoms with Crippen molar-refractivity contribution in [3.05, 3.63) is 34.2 Å². The van der Waals surface area contributed by atoms with Crippen LogP contribution in [0.4, 0.5) is 10.1 Å². The lowest BCUT2D eigenvalue weighted by Gasteiger charge is -2.31. The third-order valence-corrected chi connectivity index (χ3v) is 4.41. The van der Waals surface area contributed by atoms with Gasteiger partial charge in [-0.15, -0.1) is 12.4 Å². The number of aromatic nitrogens is 1. The summed E-state index contributed by atoms with van der Waals surface area (Å²) < 4.78 is 14.5. The molecule has 3 nitrogen and oxygen atoms in total. The molecule has 3 rings (SSSR count). The molecule has 0 bridgehead atoms. The number of hydrogen-bond acceptors (Lipinski definition) is 3. The number of halogens is 3. The minimum Gasteiger partial charge on any atom is -0.367 e. The van der Waals surface area contributed by atoms with Crippen LogP contribution < -0.4 is 10.2 Å². The smallest absolute Gasteiger partial charge is 0.124 e. The summed E-state index contributed by atoms with van der Waals surface area (Å²) in [5, 5.41) is 4.21. The van der Waals surface area contributed by atoms with Gasteiger partial charge in [-0.2, -0.15) is 0 Å². The van der Waals surface area contributed by atoms with Crippen LogP contribution in [0.5, 0.6) is 0 Å². The number of piperazine rings is 1. The Kier molecular flexibility index (Phi) is 4.83. The highest BCUT2D eigenvalue weighted by atomic mass is 79.9. The molecule has 20 heavy (non-hydrogen) atoms. The van der Waals surface area contributed by atoms with Gasteiger partial charge in [-0.1, -0.05) is 0 Å². The second kappa shape index (κ2) is 6.24. The van der Waals surface area contributed by atoms with Crippen molar-refractivity contribution in [2.45, 2.75) is 6.92 Å². The number of rotatable bonds is 1. The highest BCUT2D eigenvalue weighted by molar-refractivity contribution is 9.10. The van der Waals surface area contributed by atoms with Crippen LogP contribution in [0.1, 0.15) is 5.69 Å². The first-order valence-corrected chi connectivity index (χ1v) is 7.17. The summed E-state index contributed by atoms with van der Waals surface area (Å²) in [6.07, 6.45) is 0. The Balaban J connectivity index is 0.00000147. The summed E-state index contributed by atoms with van der Waals surface area (Å²) >= 11 is 3.61. The van der Waals surface area contributed by atoms with Gasteiger partial charge in [0.05, 0.1) is 21.4 Å². The highest BCUT2D eigenvalue weighted by Gasteiger charge is 2.19. The van der Waals surface area contributed by atoms with E-state index in [1.165, 1.54) is 6.07 Å². The molecule has 1 saturated heterocycles. The first-order chi connectivity index (χ1) is 9.16. The van der Waals surface area contributed by atoms with E-state index in [-0.39, 0.29) is 18.2 Å². The van der Waals surface area contributed by atoms with E-state index < -0.39 is 0 Å². The SMILES string of the molecule is Cc1nc2ccc(F)cc2c(N2CCNCC2)c1Br.Cl. The normalized spacial score (nSPS) is 15.2. The van der Waals surface area contributed by atoms with Gasteiger partial charge in [0.1, 0.15) is 5.82 Å². The maximum atomic E-state index is 13.5. The quantitative estimate of drug-likeness (QED) is 0.846.